The Morgan fingerprint density at radius 3 is 2.04 bits per heavy atom. The molecule has 0 atom stereocenters. The first-order valence-corrected chi connectivity index (χ1v) is 10.4. The molecule has 0 radical (unpaired) electrons. The summed E-state index contributed by atoms with van der Waals surface area (Å²) >= 11 is 0. The van der Waals surface area contributed by atoms with Gasteiger partial charge in [-0.05, 0) is 74.5 Å². The Morgan fingerprint density at radius 2 is 1.54 bits per heavy atom. The standard InChI is InChI=1S/C21H32O5/c1-20(2,26-19(24)21(18(22)23)5-3-4-6-21)25-12-17-15-8-13-7-14(10-15)11-16(17)9-13/h13-17H,3-12H2,1-2H3,(H,22,23). The predicted octanol–water partition coefficient (Wildman–Crippen LogP) is 4.00. The SMILES string of the molecule is CC(C)(OCC1C2CC3CC(C2)CC1C3)OC(=O)C1(C(=O)O)CCCC1. The van der Waals surface area contributed by atoms with Gasteiger partial charge in [0.1, 0.15) is 0 Å². The molecule has 146 valence electrons. The van der Waals surface area contributed by atoms with E-state index in [4.69, 9.17) is 9.47 Å². The highest BCUT2D eigenvalue weighted by Crippen LogP contribution is 2.56. The van der Waals surface area contributed by atoms with Gasteiger partial charge in [-0.1, -0.05) is 12.8 Å². The average Bonchev–Trinajstić information content (AvgIpc) is 3.04. The van der Waals surface area contributed by atoms with Gasteiger partial charge < -0.3 is 14.6 Å². The Morgan fingerprint density at radius 1 is 1.00 bits per heavy atom. The van der Waals surface area contributed by atoms with Crippen molar-refractivity contribution in [2.24, 2.45) is 35.0 Å². The molecular formula is C21H32O5. The maximum absolute atomic E-state index is 12.6. The molecule has 0 aromatic carbocycles. The van der Waals surface area contributed by atoms with E-state index < -0.39 is 23.1 Å². The lowest BCUT2D eigenvalue weighted by molar-refractivity contribution is -0.235. The van der Waals surface area contributed by atoms with Gasteiger partial charge in [0.05, 0.1) is 6.61 Å². The predicted molar refractivity (Wildman–Crippen MR) is 95.2 cm³/mol. The fourth-order valence-electron chi connectivity index (χ4n) is 6.44. The second kappa shape index (κ2) is 6.50. The van der Waals surface area contributed by atoms with E-state index in [2.05, 4.69) is 0 Å². The van der Waals surface area contributed by atoms with Crippen LogP contribution in [0.4, 0.5) is 0 Å². The van der Waals surface area contributed by atoms with Gasteiger partial charge in [0.2, 0.25) is 5.79 Å². The van der Waals surface area contributed by atoms with Crippen LogP contribution in [0.2, 0.25) is 0 Å². The van der Waals surface area contributed by atoms with Crippen LogP contribution in [-0.2, 0) is 19.1 Å². The summed E-state index contributed by atoms with van der Waals surface area (Å²) in [6.45, 7) is 4.10. The van der Waals surface area contributed by atoms with E-state index in [1.54, 1.807) is 13.8 Å². The Balaban J connectivity index is 1.35. The van der Waals surface area contributed by atoms with Crippen LogP contribution < -0.4 is 0 Å². The van der Waals surface area contributed by atoms with Crippen molar-refractivity contribution in [3.05, 3.63) is 0 Å². The van der Waals surface area contributed by atoms with Crippen LogP contribution in [-0.4, -0.2) is 29.4 Å². The Bertz CT molecular complexity index is 547. The minimum Gasteiger partial charge on any atom is -0.480 e. The van der Waals surface area contributed by atoms with Crippen LogP contribution in [0.15, 0.2) is 0 Å². The number of esters is 1. The molecule has 5 saturated carbocycles. The average molecular weight is 364 g/mol. The molecule has 5 rings (SSSR count). The Hall–Kier alpha value is -1.10. The van der Waals surface area contributed by atoms with Crippen LogP contribution in [0.3, 0.4) is 0 Å². The van der Waals surface area contributed by atoms with Gasteiger partial charge in [-0.2, -0.15) is 0 Å². The summed E-state index contributed by atoms with van der Waals surface area (Å²) in [5.41, 5.74) is -1.37. The third kappa shape index (κ3) is 3.17. The van der Waals surface area contributed by atoms with Crippen molar-refractivity contribution in [2.75, 3.05) is 6.61 Å². The number of carboxylic acid groups (broad SMARTS) is 1. The molecule has 5 heteroatoms. The van der Waals surface area contributed by atoms with Gasteiger partial charge in [0.25, 0.3) is 0 Å². The third-order valence-corrected chi connectivity index (χ3v) is 7.64. The van der Waals surface area contributed by atoms with Crippen molar-refractivity contribution >= 4 is 11.9 Å². The van der Waals surface area contributed by atoms with Crippen molar-refractivity contribution in [2.45, 2.75) is 77.4 Å². The van der Waals surface area contributed by atoms with Gasteiger partial charge >= 0.3 is 11.9 Å². The molecule has 0 aromatic rings. The quantitative estimate of drug-likeness (QED) is 0.438. The molecule has 4 bridgehead atoms. The van der Waals surface area contributed by atoms with E-state index in [-0.39, 0.29) is 0 Å². The van der Waals surface area contributed by atoms with E-state index in [0.717, 1.165) is 36.5 Å². The number of rotatable bonds is 6. The van der Waals surface area contributed by atoms with Gasteiger partial charge in [0, 0.05) is 13.8 Å². The zero-order chi connectivity index (χ0) is 18.5. The van der Waals surface area contributed by atoms with Crippen molar-refractivity contribution in [3.8, 4) is 0 Å². The lowest BCUT2D eigenvalue weighted by atomic mass is 9.52. The Labute approximate surface area is 155 Å². The molecule has 0 spiro atoms. The van der Waals surface area contributed by atoms with Crippen molar-refractivity contribution in [1.82, 2.24) is 0 Å². The monoisotopic (exact) mass is 364 g/mol. The van der Waals surface area contributed by atoms with Gasteiger partial charge in [0.15, 0.2) is 5.41 Å². The largest absolute Gasteiger partial charge is 0.480 e. The molecule has 0 amide bonds. The van der Waals surface area contributed by atoms with Crippen LogP contribution in [0.25, 0.3) is 0 Å². The highest BCUT2D eigenvalue weighted by atomic mass is 16.7. The smallest absolute Gasteiger partial charge is 0.325 e. The normalized spacial score (nSPS) is 37.7. The molecule has 0 saturated heterocycles. The number of ether oxygens (including phenoxy) is 2. The summed E-state index contributed by atoms with van der Waals surface area (Å²) in [4.78, 5) is 24.3. The zero-order valence-corrected chi connectivity index (χ0v) is 16.0. The molecule has 5 aliphatic rings. The zero-order valence-electron chi connectivity index (χ0n) is 16.0. The van der Waals surface area contributed by atoms with E-state index in [9.17, 15) is 14.7 Å². The minimum absolute atomic E-state index is 0.368. The maximum atomic E-state index is 12.6. The molecule has 1 N–H and O–H groups in total. The summed E-state index contributed by atoms with van der Waals surface area (Å²) in [7, 11) is 0. The molecule has 0 heterocycles. The third-order valence-electron chi connectivity index (χ3n) is 7.64. The fraction of sp³-hybridized carbons (Fsp3) is 0.905. The van der Waals surface area contributed by atoms with Crippen molar-refractivity contribution < 1.29 is 24.2 Å². The van der Waals surface area contributed by atoms with E-state index in [1.165, 1.54) is 32.1 Å². The van der Waals surface area contributed by atoms with Crippen molar-refractivity contribution in [1.29, 1.82) is 0 Å². The molecule has 5 fully saturated rings. The summed E-state index contributed by atoms with van der Waals surface area (Å²) in [5.74, 6) is 1.19. The molecule has 0 aromatic heterocycles. The topological polar surface area (TPSA) is 72.8 Å². The highest BCUT2D eigenvalue weighted by Gasteiger charge is 2.52. The number of hydrogen-bond acceptors (Lipinski definition) is 4. The fourth-order valence-corrected chi connectivity index (χ4v) is 6.44. The number of carbonyl (C=O) groups is 2. The number of carboxylic acids is 1. The van der Waals surface area contributed by atoms with E-state index in [0.29, 0.717) is 25.4 Å². The first-order chi connectivity index (χ1) is 12.3. The lowest BCUT2D eigenvalue weighted by Gasteiger charge is -2.54. The number of aliphatic carboxylic acids is 1. The van der Waals surface area contributed by atoms with Crippen LogP contribution in [0.1, 0.15) is 71.6 Å². The molecule has 26 heavy (non-hydrogen) atoms. The molecule has 5 aliphatic carbocycles. The van der Waals surface area contributed by atoms with E-state index >= 15 is 0 Å². The second-order valence-electron chi connectivity index (χ2n) is 9.79. The minimum atomic E-state index is -1.37. The first-order valence-electron chi connectivity index (χ1n) is 10.4. The molecule has 0 unspecified atom stereocenters. The van der Waals surface area contributed by atoms with Crippen LogP contribution in [0, 0.1) is 35.0 Å². The van der Waals surface area contributed by atoms with Crippen molar-refractivity contribution in [3.63, 3.8) is 0 Å². The highest BCUT2D eigenvalue weighted by molar-refractivity contribution is 5.99. The van der Waals surface area contributed by atoms with Gasteiger partial charge in [-0.15, -0.1) is 0 Å². The summed E-state index contributed by atoms with van der Waals surface area (Å²) in [6, 6.07) is 0. The summed E-state index contributed by atoms with van der Waals surface area (Å²) in [5, 5.41) is 9.56. The van der Waals surface area contributed by atoms with Gasteiger partial charge in [-0.25, -0.2) is 0 Å². The summed E-state index contributed by atoms with van der Waals surface area (Å²) < 4.78 is 11.7. The summed E-state index contributed by atoms with van der Waals surface area (Å²) in [6.07, 6.45) is 9.03. The molecular weight excluding hydrogens is 332 g/mol. The lowest BCUT2D eigenvalue weighted by Crippen LogP contribution is -2.48. The van der Waals surface area contributed by atoms with Crippen LogP contribution >= 0.6 is 0 Å². The second-order valence-corrected chi connectivity index (χ2v) is 9.79. The van der Waals surface area contributed by atoms with Crippen LogP contribution in [0.5, 0.6) is 0 Å². The first kappa shape index (κ1) is 18.3. The Kier molecular flexibility index (Phi) is 4.57. The molecule has 0 aliphatic heterocycles. The number of hydrogen-bond donors (Lipinski definition) is 1. The molecule has 5 nitrogen and oxygen atoms in total. The maximum Gasteiger partial charge on any atom is 0.325 e. The van der Waals surface area contributed by atoms with Gasteiger partial charge in [-0.3, -0.25) is 9.59 Å². The van der Waals surface area contributed by atoms with E-state index in [1.807, 2.05) is 0 Å². The number of carbonyl (C=O) groups excluding carboxylic acids is 1.